The predicted molar refractivity (Wildman–Crippen MR) is 97.4 cm³/mol. The van der Waals surface area contributed by atoms with E-state index in [1.165, 1.54) is 16.3 Å². The Balaban J connectivity index is 1.65. The number of hydrogen-bond acceptors (Lipinski definition) is 5. The summed E-state index contributed by atoms with van der Waals surface area (Å²) in [6.45, 7) is 6.70. The van der Waals surface area contributed by atoms with E-state index in [0.29, 0.717) is 5.82 Å². The predicted octanol–water partition coefficient (Wildman–Crippen LogP) is 1.36. The van der Waals surface area contributed by atoms with Crippen molar-refractivity contribution in [3.05, 3.63) is 57.3 Å². The Morgan fingerprint density at radius 1 is 1.38 bits per heavy atom. The third kappa shape index (κ3) is 2.78. The van der Waals surface area contributed by atoms with Gasteiger partial charge in [-0.25, -0.2) is 4.98 Å². The molecule has 0 bridgehead atoms. The summed E-state index contributed by atoms with van der Waals surface area (Å²) in [6.07, 6.45) is 2.15. The molecule has 1 aliphatic heterocycles. The Morgan fingerprint density at radius 3 is 3.04 bits per heavy atom. The lowest BCUT2D eigenvalue weighted by atomic mass is 9.97. The first-order valence-corrected chi connectivity index (χ1v) is 8.65. The summed E-state index contributed by atoms with van der Waals surface area (Å²) in [6, 6.07) is 5.89. The lowest BCUT2D eigenvalue weighted by Gasteiger charge is -2.29. The van der Waals surface area contributed by atoms with Gasteiger partial charge in [-0.15, -0.1) is 0 Å². The number of nitrogens with zero attached hydrogens (tertiary/aromatic N) is 4. The molecule has 134 valence electrons. The number of anilines is 1. The molecule has 1 amide bonds. The zero-order valence-electron chi connectivity index (χ0n) is 14.7. The van der Waals surface area contributed by atoms with Crippen molar-refractivity contribution in [1.82, 2.24) is 24.5 Å². The number of fused-ring (bicyclic) bond motifs is 2. The summed E-state index contributed by atoms with van der Waals surface area (Å²) in [7, 11) is 0. The highest BCUT2D eigenvalue weighted by Crippen LogP contribution is 2.26. The van der Waals surface area contributed by atoms with Crippen LogP contribution in [0.1, 0.15) is 34.2 Å². The minimum absolute atomic E-state index is 0.0188. The van der Waals surface area contributed by atoms with Crippen molar-refractivity contribution in [3.8, 4) is 0 Å². The van der Waals surface area contributed by atoms with Crippen molar-refractivity contribution >= 4 is 17.4 Å². The molecule has 4 rings (SSSR count). The summed E-state index contributed by atoms with van der Waals surface area (Å²) in [5.41, 5.74) is 2.63. The molecule has 1 aromatic carbocycles. The van der Waals surface area contributed by atoms with Crippen LogP contribution in [0.4, 0.5) is 5.69 Å². The Hall–Kier alpha value is -3.00. The van der Waals surface area contributed by atoms with Gasteiger partial charge in [0, 0.05) is 25.0 Å². The highest BCUT2D eigenvalue weighted by Gasteiger charge is 2.20. The fourth-order valence-electron chi connectivity index (χ4n) is 3.36. The number of nitrogens with one attached hydrogen (secondary N) is 2. The summed E-state index contributed by atoms with van der Waals surface area (Å²) >= 11 is 0. The Bertz CT molecular complexity index is 1050. The number of aromatic amines is 1. The topological polar surface area (TPSA) is 95.4 Å². The van der Waals surface area contributed by atoms with Gasteiger partial charge in [0.05, 0.1) is 0 Å². The summed E-state index contributed by atoms with van der Waals surface area (Å²) < 4.78 is 1.18. The van der Waals surface area contributed by atoms with Gasteiger partial charge in [0.2, 0.25) is 0 Å². The number of benzene rings is 1. The smallest absolute Gasteiger partial charge is 0.286 e. The van der Waals surface area contributed by atoms with E-state index >= 15 is 0 Å². The largest absolute Gasteiger partial charge is 0.322 e. The second kappa shape index (κ2) is 6.38. The van der Waals surface area contributed by atoms with Crippen LogP contribution in [0.25, 0.3) is 5.78 Å². The maximum Gasteiger partial charge on any atom is 0.286 e. The molecule has 0 radical (unpaired) electrons. The maximum atomic E-state index is 12.7. The van der Waals surface area contributed by atoms with Gasteiger partial charge < -0.3 is 5.32 Å². The van der Waals surface area contributed by atoms with E-state index in [1.54, 1.807) is 6.92 Å². The van der Waals surface area contributed by atoms with Crippen LogP contribution in [0.15, 0.2) is 29.2 Å². The number of carbonyl (C=O) groups is 1. The van der Waals surface area contributed by atoms with Crippen LogP contribution in [0.2, 0.25) is 0 Å². The first-order chi connectivity index (χ1) is 12.6. The molecule has 0 aliphatic carbocycles. The molecule has 0 spiro atoms. The summed E-state index contributed by atoms with van der Waals surface area (Å²) in [5.74, 6) is 0.348. The van der Waals surface area contributed by atoms with Crippen molar-refractivity contribution in [2.45, 2.75) is 26.8 Å². The van der Waals surface area contributed by atoms with E-state index in [1.807, 2.05) is 12.1 Å². The van der Waals surface area contributed by atoms with Crippen LogP contribution in [-0.2, 0) is 13.0 Å². The van der Waals surface area contributed by atoms with Crippen molar-refractivity contribution in [1.29, 1.82) is 0 Å². The molecule has 0 saturated heterocycles. The standard InChI is InChI=1S/C18H20N6O2/c1-3-23-8-7-13-12(10-23)5-4-6-15(13)21-16(25)14-9-19-18-20-11(2)22-24(18)17(14)26/h4-6,9H,3,7-8,10H2,1-2H3,(H,21,25)(H,19,20,22). The molecular formula is C18H20N6O2. The van der Waals surface area contributed by atoms with Crippen LogP contribution in [0.5, 0.6) is 0 Å². The third-order valence-electron chi connectivity index (χ3n) is 4.77. The van der Waals surface area contributed by atoms with E-state index in [9.17, 15) is 9.59 Å². The summed E-state index contributed by atoms with van der Waals surface area (Å²) in [5, 5.41) is 5.68. The van der Waals surface area contributed by atoms with Gasteiger partial charge in [-0.2, -0.15) is 9.50 Å². The number of aryl methyl sites for hydroxylation is 1. The first-order valence-electron chi connectivity index (χ1n) is 8.65. The lowest BCUT2D eigenvalue weighted by molar-refractivity contribution is 0.102. The minimum atomic E-state index is -0.463. The van der Waals surface area contributed by atoms with Gasteiger partial charge in [0.1, 0.15) is 11.4 Å². The van der Waals surface area contributed by atoms with Gasteiger partial charge in [-0.05, 0) is 37.1 Å². The van der Waals surface area contributed by atoms with Crippen molar-refractivity contribution in [3.63, 3.8) is 0 Å². The van der Waals surface area contributed by atoms with E-state index in [-0.39, 0.29) is 11.3 Å². The molecule has 0 atom stereocenters. The Morgan fingerprint density at radius 2 is 2.23 bits per heavy atom. The zero-order valence-corrected chi connectivity index (χ0v) is 14.7. The van der Waals surface area contributed by atoms with Crippen molar-refractivity contribution in [2.24, 2.45) is 0 Å². The van der Waals surface area contributed by atoms with Gasteiger partial charge in [-0.1, -0.05) is 19.1 Å². The number of amides is 1. The molecule has 3 heterocycles. The van der Waals surface area contributed by atoms with Gasteiger partial charge >= 0.3 is 0 Å². The second-order valence-corrected chi connectivity index (χ2v) is 6.44. The minimum Gasteiger partial charge on any atom is -0.322 e. The second-order valence-electron chi connectivity index (χ2n) is 6.44. The van der Waals surface area contributed by atoms with E-state index in [2.05, 4.69) is 38.3 Å². The van der Waals surface area contributed by atoms with Crippen LogP contribution >= 0.6 is 0 Å². The normalized spacial score (nSPS) is 14.4. The monoisotopic (exact) mass is 352 g/mol. The van der Waals surface area contributed by atoms with Gasteiger partial charge in [0.25, 0.3) is 17.2 Å². The van der Waals surface area contributed by atoms with Crippen LogP contribution < -0.4 is 10.9 Å². The molecule has 2 N–H and O–H groups in total. The number of aromatic nitrogens is 4. The molecule has 0 unspecified atom stereocenters. The fourth-order valence-corrected chi connectivity index (χ4v) is 3.36. The molecule has 0 fully saturated rings. The molecular weight excluding hydrogens is 332 g/mol. The SMILES string of the molecule is CCN1CCc2c(cccc2NC(=O)c2cnc3nc(C)[nH]n3c2=O)C1. The van der Waals surface area contributed by atoms with E-state index < -0.39 is 11.5 Å². The quantitative estimate of drug-likeness (QED) is 0.742. The van der Waals surface area contributed by atoms with Crippen LogP contribution in [0.3, 0.4) is 0 Å². The highest BCUT2D eigenvalue weighted by molar-refractivity contribution is 6.04. The van der Waals surface area contributed by atoms with Crippen molar-refractivity contribution in [2.75, 3.05) is 18.4 Å². The van der Waals surface area contributed by atoms with Crippen molar-refractivity contribution < 1.29 is 4.79 Å². The highest BCUT2D eigenvalue weighted by atomic mass is 16.2. The molecule has 2 aromatic heterocycles. The molecule has 8 heteroatoms. The number of likely N-dealkylation sites (N-methyl/N-ethyl adjacent to an activating group) is 1. The number of carbonyl (C=O) groups excluding carboxylic acids is 1. The molecule has 3 aromatic rings. The maximum absolute atomic E-state index is 12.7. The third-order valence-corrected chi connectivity index (χ3v) is 4.77. The van der Waals surface area contributed by atoms with Gasteiger partial charge in [-0.3, -0.25) is 19.6 Å². The van der Waals surface area contributed by atoms with Gasteiger partial charge in [0.15, 0.2) is 0 Å². The Kier molecular flexibility index (Phi) is 4.04. The summed E-state index contributed by atoms with van der Waals surface area (Å²) in [4.78, 5) is 35.7. The first kappa shape index (κ1) is 16.5. The molecule has 26 heavy (non-hydrogen) atoms. The number of hydrogen-bond donors (Lipinski definition) is 2. The average molecular weight is 352 g/mol. The average Bonchev–Trinajstić information content (AvgIpc) is 3.03. The Labute approximate surface area is 149 Å². The van der Waals surface area contributed by atoms with E-state index in [0.717, 1.165) is 37.3 Å². The number of rotatable bonds is 3. The molecule has 8 nitrogen and oxygen atoms in total. The zero-order chi connectivity index (χ0) is 18.3. The van der Waals surface area contributed by atoms with E-state index in [4.69, 9.17) is 0 Å². The van der Waals surface area contributed by atoms with Crippen LogP contribution in [0, 0.1) is 6.92 Å². The fraction of sp³-hybridized carbons (Fsp3) is 0.333. The van der Waals surface area contributed by atoms with Crippen LogP contribution in [-0.4, -0.2) is 43.5 Å². The molecule has 1 aliphatic rings. The lowest BCUT2D eigenvalue weighted by Crippen LogP contribution is -2.31. The number of H-pyrrole nitrogens is 1. The molecule has 0 saturated carbocycles.